The number of carbonyl (C=O) groups excluding carboxylic acids is 1. The molecule has 11 heteroatoms. The molecular formula is C29H30F4N6O. The molecule has 1 atom stereocenters. The monoisotopic (exact) mass is 554 g/mol. The van der Waals surface area contributed by atoms with Crippen molar-refractivity contribution in [3.05, 3.63) is 71.3 Å². The Labute approximate surface area is 230 Å². The van der Waals surface area contributed by atoms with Crippen molar-refractivity contribution < 1.29 is 22.4 Å². The first-order valence-corrected chi connectivity index (χ1v) is 13.2. The summed E-state index contributed by atoms with van der Waals surface area (Å²) >= 11 is 0. The number of aromatic nitrogens is 2. The third-order valence-electron chi connectivity index (χ3n) is 8.14. The van der Waals surface area contributed by atoms with Crippen LogP contribution in [0.4, 0.5) is 23.2 Å². The van der Waals surface area contributed by atoms with Crippen molar-refractivity contribution in [2.75, 3.05) is 38.1 Å². The minimum atomic E-state index is -4.56. The van der Waals surface area contributed by atoms with Gasteiger partial charge in [0.05, 0.1) is 27.9 Å². The number of likely N-dealkylation sites (tertiary alicyclic amines) is 1. The summed E-state index contributed by atoms with van der Waals surface area (Å²) in [4.78, 5) is 22.3. The lowest BCUT2D eigenvalue weighted by Gasteiger charge is -2.42. The van der Waals surface area contributed by atoms with Gasteiger partial charge < -0.3 is 19.7 Å². The lowest BCUT2D eigenvalue weighted by molar-refractivity contribution is -0.137. The number of hydrogen-bond acceptors (Lipinski definition) is 5. The first-order valence-electron chi connectivity index (χ1n) is 13.2. The number of nitrogens with zero attached hydrogens (tertiary/aromatic N) is 5. The number of pyridine rings is 1. The van der Waals surface area contributed by atoms with Crippen LogP contribution >= 0.6 is 0 Å². The van der Waals surface area contributed by atoms with Crippen LogP contribution in [0.5, 0.6) is 0 Å². The van der Waals surface area contributed by atoms with E-state index in [9.17, 15) is 23.2 Å². The van der Waals surface area contributed by atoms with Gasteiger partial charge in [0.1, 0.15) is 11.8 Å². The van der Waals surface area contributed by atoms with Gasteiger partial charge in [-0.25, -0.2) is 4.39 Å². The number of hydrogen-bond donors (Lipinski definition) is 1. The molecule has 2 aromatic heterocycles. The van der Waals surface area contributed by atoms with Crippen LogP contribution in [0, 0.1) is 17.1 Å². The molecule has 0 unspecified atom stereocenters. The fourth-order valence-electron chi connectivity index (χ4n) is 5.83. The quantitative estimate of drug-likeness (QED) is 0.471. The van der Waals surface area contributed by atoms with Crippen LogP contribution in [0.1, 0.15) is 36.0 Å². The molecule has 5 rings (SSSR count). The average Bonchev–Trinajstić information content (AvgIpc) is 3.54. The molecule has 2 saturated heterocycles. The number of likely N-dealkylation sites (N-methyl/N-ethyl adjacent to an activating group) is 1. The zero-order chi connectivity index (χ0) is 28.7. The van der Waals surface area contributed by atoms with E-state index in [2.05, 4.69) is 15.2 Å². The maximum absolute atomic E-state index is 15.5. The average molecular weight is 555 g/mol. The van der Waals surface area contributed by atoms with E-state index in [0.29, 0.717) is 36.6 Å². The lowest BCUT2D eigenvalue weighted by atomic mass is 9.72. The van der Waals surface area contributed by atoms with Crippen molar-refractivity contribution in [1.29, 1.82) is 5.26 Å². The van der Waals surface area contributed by atoms with E-state index in [1.807, 2.05) is 18.0 Å². The van der Waals surface area contributed by atoms with Crippen molar-refractivity contribution in [1.82, 2.24) is 19.8 Å². The van der Waals surface area contributed by atoms with E-state index in [4.69, 9.17) is 0 Å². The van der Waals surface area contributed by atoms with Crippen LogP contribution in [0.15, 0.2) is 48.8 Å². The van der Waals surface area contributed by atoms with Crippen molar-refractivity contribution in [2.45, 2.75) is 36.9 Å². The van der Waals surface area contributed by atoms with E-state index >= 15 is 4.39 Å². The SMILES string of the molecule is CN1CC[C@H](NC(=O)C2(c3cnc(-c4cccn4C)c(F)c3)CCN(c3ccc(C(F)(F)F)cc3C#N)CC2)C1. The maximum Gasteiger partial charge on any atom is 0.416 e. The maximum atomic E-state index is 15.5. The van der Waals surface area contributed by atoms with Crippen LogP contribution in [-0.2, 0) is 23.4 Å². The minimum absolute atomic E-state index is 0.0343. The van der Waals surface area contributed by atoms with Gasteiger partial charge in [-0.2, -0.15) is 18.4 Å². The molecule has 2 fully saturated rings. The summed E-state index contributed by atoms with van der Waals surface area (Å²) < 4.78 is 56.9. The summed E-state index contributed by atoms with van der Waals surface area (Å²) in [5, 5.41) is 12.7. The van der Waals surface area contributed by atoms with Crippen molar-refractivity contribution in [3.8, 4) is 17.5 Å². The third-order valence-corrected chi connectivity index (χ3v) is 8.14. The van der Waals surface area contributed by atoms with Crippen LogP contribution in [0.3, 0.4) is 0 Å². The van der Waals surface area contributed by atoms with Gasteiger partial charge in [0.15, 0.2) is 5.82 Å². The second kappa shape index (κ2) is 10.6. The molecule has 1 amide bonds. The summed E-state index contributed by atoms with van der Waals surface area (Å²) in [6.45, 7) is 2.15. The van der Waals surface area contributed by atoms with E-state index < -0.39 is 23.0 Å². The Morgan fingerprint density at radius 1 is 1.15 bits per heavy atom. The summed E-state index contributed by atoms with van der Waals surface area (Å²) in [5.41, 5.74) is -0.426. The molecule has 2 aliphatic rings. The van der Waals surface area contributed by atoms with Crippen LogP contribution in [0.25, 0.3) is 11.4 Å². The van der Waals surface area contributed by atoms with Gasteiger partial charge in [0, 0.05) is 45.1 Å². The summed E-state index contributed by atoms with van der Waals surface area (Å²) in [6.07, 6.45) is 0.150. The molecule has 1 aromatic carbocycles. The first kappa shape index (κ1) is 27.6. The number of nitrogens with one attached hydrogen (secondary N) is 1. The number of piperidine rings is 1. The first-order chi connectivity index (χ1) is 19.0. The predicted molar refractivity (Wildman–Crippen MR) is 142 cm³/mol. The second-order valence-corrected chi connectivity index (χ2v) is 10.7. The Balaban J connectivity index is 1.46. The Bertz CT molecular complexity index is 1450. The highest BCUT2D eigenvalue weighted by Gasteiger charge is 2.45. The number of benzene rings is 1. The molecule has 3 aromatic rings. The number of anilines is 1. The third kappa shape index (κ3) is 5.16. The highest BCUT2D eigenvalue weighted by molar-refractivity contribution is 5.89. The zero-order valence-corrected chi connectivity index (χ0v) is 22.3. The van der Waals surface area contributed by atoms with Gasteiger partial charge in [-0.05, 0) is 74.8 Å². The molecule has 0 saturated carbocycles. The Hall–Kier alpha value is -3.91. The fraction of sp³-hybridized carbons (Fsp3) is 0.414. The molecule has 0 aliphatic carbocycles. The van der Waals surface area contributed by atoms with Gasteiger partial charge in [-0.3, -0.25) is 9.78 Å². The zero-order valence-electron chi connectivity index (χ0n) is 22.3. The number of aryl methyl sites for hydroxylation is 1. The largest absolute Gasteiger partial charge is 0.416 e. The summed E-state index contributed by atoms with van der Waals surface area (Å²) in [6, 6.07) is 9.90. The summed E-state index contributed by atoms with van der Waals surface area (Å²) in [7, 11) is 3.78. The summed E-state index contributed by atoms with van der Waals surface area (Å²) in [5.74, 6) is -0.753. The molecular weight excluding hydrogens is 524 g/mol. The molecule has 2 aliphatic heterocycles. The molecule has 40 heavy (non-hydrogen) atoms. The number of rotatable bonds is 5. The molecule has 0 bridgehead atoms. The second-order valence-electron chi connectivity index (χ2n) is 10.7. The number of carbonyl (C=O) groups is 1. The number of halogens is 4. The van der Waals surface area contributed by atoms with E-state index in [1.165, 1.54) is 12.1 Å². The highest BCUT2D eigenvalue weighted by Crippen LogP contribution is 2.40. The van der Waals surface area contributed by atoms with E-state index in [-0.39, 0.29) is 36.0 Å². The van der Waals surface area contributed by atoms with Gasteiger partial charge in [0.25, 0.3) is 0 Å². The molecule has 7 nitrogen and oxygen atoms in total. The van der Waals surface area contributed by atoms with E-state index in [1.54, 1.807) is 36.1 Å². The Morgan fingerprint density at radius 3 is 2.48 bits per heavy atom. The molecule has 4 heterocycles. The van der Waals surface area contributed by atoms with Crippen LogP contribution in [0.2, 0.25) is 0 Å². The number of amides is 1. The van der Waals surface area contributed by atoms with Gasteiger partial charge in [0.2, 0.25) is 5.91 Å². The molecule has 0 radical (unpaired) electrons. The normalized spacial score (nSPS) is 19.4. The lowest BCUT2D eigenvalue weighted by Crippen LogP contribution is -2.54. The molecule has 0 spiro atoms. The number of alkyl halides is 3. The topological polar surface area (TPSA) is 77.2 Å². The van der Waals surface area contributed by atoms with Crippen molar-refractivity contribution in [3.63, 3.8) is 0 Å². The minimum Gasteiger partial charge on any atom is -0.370 e. The smallest absolute Gasteiger partial charge is 0.370 e. The van der Waals surface area contributed by atoms with Gasteiger partial charge >= 0.3 is 6.18 Å². The number of nitriles is 1. The van der Waals surface area contributed by atoms with Crippen LogP contribution < -0.4 is 10.2 Å². The standard InChI is InChI=1S/C29H30F4N6O/c1-37-11-7-22(18-37)36-27(40)28(21-15-23(30)26(35-17-21)25-4-3-10-38(25)2)8-12-39(13-9-28)24-6-5-20(29(31,32)33)14-19(24)16-34/h3-6,10,14-15,17,22H,7-9,11-13,18H2,1-2H3,(H,36,40)/t22-/m0/s1. The highest BCUT2D eigenvalue weighted by atomic mass is 19.4. The predicted octanol–water partition coefficient (Wildman–Crippen LogP) is 4.48. The fourth-order valence-corrected chi connectivity index (χ4v) is 5.83. The Kier molecular flexibility index (Phi) is 7.31. The van der Waals surface area contributed by atoms with Crippen molar-refractivity contribution >= 4 is 11.6 Å². The van der Waals surface area contributed by atoms with Crippen LogP contribution in [-0.4, -0.2) is 59.6 Å². The molecule has 1 N–H and O–H groups in total. The Morgan fingerprint density at radius 2 is 1.90 bits per heavy atom. The van der Waals surface area contributed by atoms with Crippen molar-refractivity contribution in [2.24, 2.45) is 7.05 Å². The van der Waals surface area contributed by atoms with Gasteiger partial charge in [-0.15, -0.1) is 0 Å². The molecule has 210 valence electrons. The van der Waals surface area contributed by atoms with Gasteiger partial charge in [-0.1, -0.05) is 0 Å². The van der Waals surface area contributed by atoms with E-state index in [0.717, 1.165) is 25.1 Å².